The number of nitrogens with zero attached hydrogens (tertiary/aromatic N) is 2. The number of nitriles is 1. The van der Waals surface area contributed by atoms with Crippen LogP contribution in [-0.4, -0.2) is 22.8 Å². The first-order chi connectivity index (χ1) is 11.3. The maximum absolute atomic E-state index is 12.4. The fourth-order valence-corrected chi connectivity index (χ4v) is 4.43. The standard InChI is InChI=1S/C18H20Cl2N2O2/c1-4-15-18(5-2,17(23)24)16(13(9-21)10(3)22-15)12-7-6-11(19)8-14(12)20/h6-8,13,15-16H,4-5H2,1-3H3,(H,23,24). The number of rotatable bonds is 4. The Hall–Kier alpha value is -1.57. The molecule has 0 aromatic heterocycles. The zero-order chi connectivity index (χ0) is 18.1. The average molecular weight is 367 g/mol. The molecule has 0 saturated heterocycles. The second-order valence-electron chi connectivity index (χ2n) is 6.14. The molecule has 128 valence electrons. The fraction of sp³-hybridized carbons (Fsp3) is 0.500. The molecule has 0 radical (unpaired) electrons. The molecule has 0 amide bonds. The van der Waals surface area contributed by atoms with Crippen molar-refractivity contribution in [3.8, 4) is 6.07 Å². The Balaban J connectivity index is 2.80. The number of benzene rings is 1. The summed E-state index contributed by atoms with van der Waals surface area (Å²) in [6.45, 7) is 5.54. The Labute approximate surface area is 152 Å². The van der Waals surface area contributed by atoms with Gasteiger partial charge < -0.3 is 5.11 Å². The van der Waals surface area contributed by atoms with Gasteiger partial charge in [-0.2, -0.15) is 5.26 Å². The smallest absolute Gasteiger partial charge is 0.312 e. The lowest BCUT2D eigenvalue weighted by Gasteiger charge is -2.46. The van der Waals surface area contributed by atoms with E-state index in [-0.39, 0.29) is 0 Å². The first kappa shape index (κ1) is 18.8. The minimum Gasteiger partial charge on any atom is -0.481 e. The molecule has 0 spiro atoms. The molecule has 1 aliphatic heterocycles. The van der Waals surface area contributed by atoms with Crippen LogP contribution in [0, 0.1) is 22.7 Å². The Morgan fingerprint density at radius 3 is 2.54 bits per heavy atom. The summed E-state index contributed by atoms with van der Waals surface area (Å²) >= 11 is 12.4. The van der Waals surface area contributed by atoms with Gasteiger partial charge in [-0.3, -0.25) is 9.79 Å². The third-order valence-electron chi connectivity index (χ3n) is 5.10. The van der Waals surface area contributed by atoms with E-state index in [0.717, 1.165) is 0 Å². The highest BCUT2D eigenvalue weighted by Crippen LogP contribution is 2.53. The highest BCUT2D eigenvalue weighted by atomic mass is 35.5. The number of carboxylic acids is 1. The quantitative estimate of drug-likeness (QED) is 0.818. The van der Waals surface area contributed by atoms with Crippen molar-refractivity contribution in [3.05, 3.63) is 33.8 Å². The molecule has 1 aliphatic rings. The zero-order valence-corrected chi connectivity index (χ0v) is 15.4. The summed E-state index contributed by atoms with van der Waals surface area (Å²) in [5, 5.41) is 20.7. The van der Waals surface area contributed by atoms with E-state index in [2.05, 4.69) is 11.1 Å². The lowest BCUT2D eigenvalue weighted by molar-refractivity contribution is -0.153. The lowest BCUT2D eigenvalue weighted by Crippen LogP contribution is -2.52. The maximum Gasteiger partial charge on any atom is 0.312 e. The van der Waals surface area contributed by atoms with Gasteiger partial charge in [-0.15, -0.1) is 0 Å². The van der Waals surface area contributed by atoms with Crippen LogP contribution in [0.2, 0.25) is 10.0 Å². The normalized spacial score (nSPS) is 29.7. The minimum atomic E-state index is -1.17. The highest BCUT2D eigenvalue weighted by Gasteiger charge is 2.56. The van der Waals surface area contributed by atoms with E-state index < -0.39 is 29.3 Å². The number of hydrogen-bond acceptors (Lipinski definition) is 3. The Morgan fingerprint density at radius 2 is 2.08 bits per heavy atom. The van der Waals surface area contributed by atoms with Gasteiger partial charge in [0.1, 0.15) is 0 Å². The molecule has 24 heavy (non-hydrogen) atoms. The van der Waals surface area contributed by atoms with Crippen LogP contribution in [0.3, 0.4) is 0 Å². The largest absolute Gasteiger partial charge is 0.481 e. The van der Waals surface area contributed by atoms with Gasteiger partial charge in [0.2, 0.25) is 0 Å². The summed E-state index contributed by atoms with van der Waals surface area (Å²) in [5.74, 6) is -2.15. The Kier molecular flexibility index (Phi) is 5.57. The van der Waals surface area contributed by atoms with Crippen LogP contribution in [-0.2, 0) is 4.79 Å². The van der Waals surface area contributed by atoms with E-state index in [4.69, 9.17) is 23.2 Å². The van der Waals surface area contributed by atoms with Gasteiger partial charge >= 0.3 is 5.97 Å². The SMILES string of the molecule is CCC1N=C(C)C(C#N)C(c2ccc(Cl)cc2Cl)C1(CC)C(=O)O. The summed E-state index contributed by atoms with van der Waals surface area (Å²) < 4.78 is 0. The Bertz CT molecular complexity index is 726. The van der Waals surface area contributed by atoms with Crippen molar-refractivity contribution in [2.75, 3.05) is 0 Å². The molecule has 4 nitrogen and oxygen atoms in total. The third kappa shape index (κ3) is 2.81. The number of halogens is 2. The van der Waals surface area contributed by atoms with Crippen LogP contribution < -0.4 is 0 Å². The van der Waals surface area contributed by atoms with Crippen LogP contribution in [0.4, 0.5) is 0 Å². The monoisotopic (exact) mass is 366 g/mol. The summed E-state index contributed by atoms with van der Waals surface area (Å²) in [7, 11) is 0. The van der Waals surface area contributed by atoms with E-state index in [9.17, 15) is 15.2 Å². The maximum atomic E-state index is 12.4. The van der Waals surface area contributed by atoms with Gasteiger partial charge in [0, 0.05) is 21.7 Å². The molecular weight excluding hydrogens is 347 g/mol. The van der Waals surface area contributed by atoms with E-state index in [1.54, 1.807) is 25.1 Å². The molecule has 4 atom stereocenters. The van der Waals surface area contributed by atoms with Crippen LogP contribution in [0.15, 0.2) is 23.2 Å². The molecule has 0 saturated carbocycles. The molecule has 6 heteroatoms. The first-order valence-electron chi connectivity index (χ1n) is 7.95. The second kappa shape index (κ2) is 7.13. The van der Waals surface area contributed by atoms with E-state index in [1.807, 2.05) is 13.8 Å². The van der Waals surface area contributed by atoms with Crippen molar-refractivity contribution in [3.63, 3.8) is 0 Å². The van der Waals surface area contributed by atoms with E-state index in [1.165, 1.54) is 0 Å². The third-order valence-corrected chi connectivity index (χ3v) is 5.66. The minimum absolute atomic E-state index is 0.361. The van der Waals surface area contributed by atoms with Crippen LogP contribution in [0.25, 0.3) is 0 Å². The fourth-order valence-electron chi connectivity index (χ4n) is 3.90. The van der Waals surface area contributed by atoms with Crippen molar-refractivity contribution in [2.45, 2.75) is 45.6 Å². The number of aliphatic carboxylic acids is 1. The molecular formula is C18H20Cl2N2O2. The first-order valence-corrected chi connectivity index (χ1v) is 8.71. The van der Waals surface area contributed by atoms with Crippen LogP contribution in [0.1, 0.15) is 45.1 Å². The molecule has 1 aromatic carbocycles. The summed E-state index contributed by atoms with van der Waals surface area (Å²) in [5.41, 5.74) is 0.127. The molecule has 1 aromatic rings. The number of carbonyl (C=O) groups is 1. The van der Waals surface area contributed by atoms with E-state index >= 15 is 0 Å². The number of aliphatic imine (C=N–C) groups is 1. The van der Waals surface area contributed by atoms with Crippen molar-refractivity contribution < 1.29 is 9.90 Å². The molecule has 1 heterocycles. The molecule has 4 unspecified atom stereocenters. The molecule has 1 N–H and O–H groups in total. The highest BCUT2D eigenvalue weighted by molar-refractivity contribution is 6.35. The topological polar surface area (TPSA) is 73.5 Å². The Morgan fingerprint density at radius 1 is 1.42 bits per heavy atom. The van der Waals surface area contributed by atoms with Crippen molar-refractivity contribution in [1.82, 2.24) is 0 Å². The van der Waals surface area contributed by atoms with Crippen molar-refractivity contribution >= 4 is 34.9 Å². The van der Waals surface area contributed by atoms with Gasteiger partial charge in [0.05, 0.1) is 23.4 Å². The van der Waals surface area contributed by atoms with Gasteiger partial charge in [0.15, 0.2) is 0 Å². The molecule has 0 aliphatic carbocycles. The summed E-state index contributed by atoms with van der Waals surface area (Å²) in [4.78, 5) is 16.9. The van der Waals surface area contributed by atoms with Gasteiger partial charge in [-0.25, -0.2) is 0 Å². The lowest BCUT2D eigenvalue weighted by atomic mass is 9.58. The van der Waals surface area contributed by atoms with Crippen LogP contribution in [0.5, 0.6) is 0 Å². The second-order valence-corrected chi connectivity index (χ2v) is 6.99. The van der Waals surface area contributed by atoms with Gasteiger partial charge in [-0.05, 0) is 37.5 Å². The predicted molar refractivity (Wildman–Crippen MR) is 95.9 cm³/mol. The number of carboxylic acid groups (broad SMARTS) is 1. The van der Waals surface area contributed by atoms with Gasteiger partial charge in [-0.1, -0.05) is 43.1 Å². The van der Waals surface area contributed by atoms with Gasteiger partial charge in [0.25, 0.3) is 0 Å². The van der Waals surface area contributed by atoms with Crippen LogP contribution >= 0.6 is 23.2 Å². The average Bonchev–Trinajstić information content (AvgIpc) is 2.53. The molecule has 2 rings (SSSR count). The van der Waals surface area contributed by atoms with Crippen molar-refractivity contribution in [2.24, 2.45) is 16.3 Å². The number of hydrogen-bond donors (Lipinski definition) is 1. The van der Waals surface area contributed by atoms with Crippen molar-refractivity contribution in [1.29, 1.82) is 5.26 Å². The molecule has 0 fully saturated rings. The summed E-state index contributed by atoms with van der Waals surface area (Å²) in [6, 6.07) is 6.86. The summed E-state index contributed by atoms with van der Waals surface area (Å²) in [6.07, 6.45) is 0.941. The zero-order valence-electron chi connectivity index (χ0n) is 13.9. The predicted octanol–water partition coefficient (Wildman–Crippen LogP) is 4.95. The van der Waals surface area contributed by atoms with E-state index in [0.29, 0.717) is 34.2 Å². The molecule has 0 bridgehead atoms.